The summed E-state index contributed by atoms with van der Waals surface area (Å²) in [4.78, 5) is 16.8. The molecule has 3 aromatic rings. The highest BCUT2D eigenvalue weighted by molar-refractivity contribution is 7.84. The first kappa shape index (κ1) is 14.5. The van der Waals surface area contributed by atoms with E-state index in [9.17, 15) is 9.00 Å². The zero-order valence-corrected chi connectivity index (χ0v) is 13.0. The Balaban J connectivity index is 2.10. The molecule has 6 heteroatoms. The van der Waals surface area contributed by atoms with Gasteiger partial charge in [-0.05, 0) is 42.5 Å². The SMILES string of the molecule is COC(=O)c1ccc2ncn(-c3ccc(S(C)=O)cc3)c2c1. The number of imidazole rings is 1. The van der Waals surface area contributed by atoms with Crippen molar-refractivity contribution in [2.45, 2.75) is 4.90 Å². The first-order valence-electron chi connectivity index (χ1n) is 6.59. The fourth-order valence-corrected chi connectivity index (χ4v) is 2.78. The highest BCUT2D eigenvalue weighted by Gasteiger charge is 2.10. The van der Waals surface area contributed by atoms with Crippen molar-refractivity contribution in [3.05, 3.63) is 54.4 Å². The van der Waals surface area contributed by atoms with Gasteiger partial charge in [-0.2, -0.15) is 0 Å². The van der Waals surface area contributed by atoms with Gasteiger partial charge in [0.15, 0.2) is 0 Å². The van der Waals surface area contributed by atoms with E-state index in [-0.39, 0.29) is 5.97 Å². The van der Waals surface area contributed by atoms with Crippen molar-refractivity contribution < 1.29 is 13.7 Å². The van der Waals surface area contributed by atoms with Crippen LogP contribution in [0.25, 0.3) is 16.7 Å². The molecule has 0 amide bonds. The van der Waals surface area contributed by atoms with Crippen LogP contribution in [0.4, 0.5) is 0 Å². The highest BCUT2D eigenvalue weighted by atomic mass is 32.2. The van der Waals surface area contributed by atoms with Gasteiger partial charge >= 0.3 is 5.97 Å². The molecule has 0 N–H and O–H groups in total. The van der Waals surface area contributed by atoms with Crippen molar-refractivity contribution in [2.75, 3.05) is 13.4 Å². The minimum Gasteiger partial charge on any atom is -0.465 e. The lowest BCUT2D eigenvalue weighted by Gasteiger charge is -2.06. The lowest BCUT2D eigenvalue weighted by Crippen LogP contribution is -2.01. The minimum atomic E-state index is -1.01. The number of benzene rings is 2. The van der Waals surface area contributed by atoms with Crippen LogP contribution in [0.15, 0.2) is 53.7 Å². The quantitative estimate of drug-likeness (QED) is 0.697. The Morgan fingerprint density at radius 2 is 1.91 bits per heavy atom. The van der Waals surface area contributed by atoms with E-state index in [0.717, 1.165) is 21.6 Å². The molecular formula is C16H14N2O3S. The fourth-order valence-electron chi connectivity index (χ4n) is 2.26. The van der Waals surface area contributed by atoms with E-state index in [1.807, 2.05) is 28.8 Å². The van der Waals surface area contributed by atoms with E-state index in [1.54, 1.807) is 30.8 Å². The Bertz CT molecular complexity index is 869. The van der Waals surface area contributed by atoms with Gasteiger partial charge < -0.3 is 4.74 Å². The number of rotatable bonds is 3. The van der Waals surface area contributed by atoms with Gasteiger partial charge in [0, 0.05) is 27.6 Å². The van der Waals surface area contributed by atoms with E-state index < -0.39 is 10.8 Å². The standard InChI is InChI=1S/C16H14N2O3S/c1-21-16(19)11-3-8-14-15(9-11)18(10-17-14)12-4-6-13(7-5-12)22(2)20/h3-10H,1-2H3. The second-order valence-corrected chi connectivity index (χ2v) is 6.14. The van der Waals surface area contributed by atoms with Gasteiger partial charge in [-0.1, -0.05) is 0 Å². The van der Waals surface area contributed by atoms with Gasteiger partial charge in [-0.3, -0.25) is 8.78 Å². The smallest absolute Gasteiger partial charge is 0.337 e. The summed E-state index contributed by atoms with van der Waals surface area (Å²) in [7, 11) is 0.346. The first-order chi connectivity index (χ1) is 10.6. The van der Waals surface area contributed by atoms with Gasteiger partial charge in [-0.15, -0.1) is 0 Å². The molecule has 1 atom stereocenters. The van der Waals surface area contributed by atoms with Crippen molar-refractivity contribution >= 4 is 27.8 Å². The topological polar surface area (TPSA) is 61.2 Å². The molecule has 22 heavy (non-hydrogen) atoms. The Morgan fingerprint density at radius 1 is 1.18 bits per heavy atom. The largest absolute Gasteiger partial charge is 0.465 e. The Morgan fingerprint density at radius 3 is 2.55 bits per heavy atom. The molecule has 0 radical (unpaired) electrons. The number of ether oxygens (including phenoxy) is 1. The number of nitrogens with zero attached hydrogens (tertiary/aromatic N) is 2. The Hall–Kier alpha value is -2.47. The molecule has 0 spiro atoms. The molecule has 5 nitrogen and oxygen atoms in total. The number of methoxy groups -OCH3 is 1. The highest BCUT2D eigenvalue weighted by Crippen LogP contribution is 2.21. The zero-order chi connectivity index (χ0) is 15.7. The molecular weight excluding hydrogens is 300 g/mol. The number of hydrogen-bond acceptors (Lipinski definition) is 4. The molecule has 2 aromatic carbocycles. The number of fused-ring (bicyclic) bond motifs is 1. The lowest BCUT2D eigenvalue weighted by atomic mass is 10.2. The molecule has 0 bridgehead atoms. The van der Waals surface area contributed by atoms with Crippen LogP contribution in [0.3, 0.4) is 0 Å². The molecule has 0 fully saturated rings. The number of hydrogen-bond donors (Lipinski definition) is 0. The normalized spacial score (nSPS) is 12.3. The van der Waals surface area contributed by atoms with Crippen LogP contribution in [0.2, 0.25) is 0 Å². The zero-order valence-electron chi connectivity index (χ0n) is 12.1. The van der Waals surface area contributed by atoms with Gasteiger partial charge in [0.2, 0.25) is 0 Å². The number of esters is 1. The van der Waals surface area contributed by atoms with Crippen molar-refractivity contribution in [1.82, 2.24) is 9.55 Å². The van der Waals surface area contributed by atoms with Crippen LogP contribution in [0.5, 0.6) is 0 Å². The van der Waals surface area contributed by atoms with Crippen molar-refractivity contribution in [3.63, 3.8) is 0 Å². The van der Waals surface area contributed by atoms with Crippen LogP contribution in [-0.4, -0.2) is 33.1 Å². The van der Waals surface area contributed by atoms with E-state index in [0.29, 0.717) is 5.56 Å². The fraction of sp³-hybridized carbons (Fsp3) is 0.125. The molecule has 0 aliphatic carbocycles. The van der Waals surface area contributed by atoms with Crippen LogP contribution < -0.4 is 0 Å². The van der Waals surface area contributed by atoms with Crippen LogP contribution >= 0.6 is 0 Å². The summed E-state index contributed by atoms with van der Waals surface area (Å²) in [5.74, 6) is -0.383. The molecule has 0 saturated heterocycles. The summed E-state index contributed by atoms with van der Waals surface area (Å²) < 4.78 is 18.1. The van der Waals surface area contributed by atoms with Gasteiger partial charge in [-0.25, -0.2) is 9.78 Å². The molecule has 3 rings (SSSR count). The molecule has 0 aliphatic heterocycles. The summed E-state index contributed by atoms with van der Waals surface area (Å²) in [5, 5.41) is 0. The summed E-state index contributed by atoms with van der Waals surface area (Å²) in [6.07, 6.45) is 3.34. The third-order valence-corrected chi connectivity index (χ3v) is 4.35. The summed E-state index contributed by atoms with van der Waals surface area (Å²) >= 11 is 0. The number of aromatic nitrogens is 2. The van der Waals surface area contributed by atoms with E-state index >= 15 is 0 Å². The van der Waals surface area contributed by atoms with Crippen LogP contribution in [0.1, 0.15) is 10.4 Å². The molecule has 0 saturated carbocycles. The number of carbonyl (C=O) groups excluding carboxylic acids is 1. The average molecular weight is 314 g/mol. The number of carbonyl (C=O) groups is 1. The first-order valence-corrected chi connectivity index (χ1v) is 8.15. The van der Waals surface area contributed by atoms with Crippen molar-refractivity contribution in [2.24, 2.45) is 0 Å². The Kier molecular flexibility index (Phi) is 3.77. The monoisotopic (exact) mass is 314 g/mol. The predicted molar refractivity (Wildman–Crippen MR) is 84.7 cm³/mol. The maximum absolute atomic E-state index is 11.7. The van der Waals surface area contributed by atoms with E-state index in [1.165, 1.54) is 7.11 Å². The molecule has 1 aromatic heterocycles. The molecule has 112 valence electrons. The van der Waals surface area contributed by atoms with Crippen molar-refractivity contribution in [3.8, 4) is 5.69 Å². The average Bonchev–Trinajstić information content (AvgIpc) is 2.97. The summed E-state index contributed by atoms with van der Waals surface area (Å²) in [6, 6.07) is 12.6. The van der Waals surface area contributed by atoms with E-state index in [4.69, 9.17) is 4.74 Å². The minimum absolute atomic E-state index is 0.383. The maximum Gasteiger partial charge on any atom is 0.337 e. The lowest BCUT2D eigenvalue weighted by molar-refractivity contribution is 0.0601. The molecule has 0 aliphatic rings. The second kappa shape index (κ2) is 5.73. The van der Waals surface area contributed by atoms with Gasteiger partial charge in [0.25, 0.3) is 0 Å². The predicted octanol–water partition coefficient (Wildman–Crippen LogP) is 2.55. The Labute approximate surface area is 130 Å². The van der Waals surface area contributed by atoms with Gasteiger partial charge in [0.05, 0.1) is 23.7 Å². The van der Waals surface area contributed by atoms with Crippen LogP contribution in [0, 0.1) is 0 Å². The van der Waals surface area contributed by atoms with Gasteiger partial charge in [0.1, 0.15) is 6.33 Å². The summed E-state index contributed by atoms with van der Waals surface area (Å²) in [5.41, 5.74) is 2.96. The summed E-state index contributed by atoms with van der Waals surface area (Å²) in [6.45, 7) is 0. The van der Waals surface area contributed by atoms with E-state index in [2.05, 4.69) is 4.98 Å². The third-order valence-electron chi connectivity index (χ3n) is 3.42. The maximum atomic E-state index is 11.7. The van der Waals surface area contributed by atoms with Crippen molar-refractivity contribution in [1.29, 1.82) is 0 Å². The third kappa shape index (κ3) is 2.53. The molecule has 1 heterocycles. The van der Waals surface area contributed by atoms with Crippen LogP contribution in [-0.2, 0) is 15.5 Å². The molecule has 1 unspecified atom stereocenters. The second-order valence-electron chi connectivity index (χ2n) is 4.76.